The van der Waals surface area contributed by atoms with Crippen LogP contribution in [0.5, 0.6) is 0 Å². The number of rotatable bonds is 48. The summed E-state index contributed by atoms with van der Waals surface area (Å²) in [6.45, 7) is 8.99. The fraction of sp³-hybridized carbons (Fsp3) is 1.00. The molecular weight excluding hydrogens is 1060 g/mol. The molecule has 0 aliphatic carbocycles. The molecule has 0 heterocycles. The third-order valence-corrected chi connectivity index (χ3v) is 15.8. The molecule has 0 amide bonds. The van der Waals surface area contributed by atoms with E-state index in [1.807, 2.05) is 0 Å². The minimum atomic E-state index is -4.43. The van der Waals surface area contributed by atoms with Crippen LogP contribution < -0.4 is 19.6 Å². The van der Waals surface area contributed by atoms with Crippen LogP contribution in [-0.4, -0.2) is 109 Å². The molecule has 0 spiro atoms. The van der Waals surface area contributed by atoms with Crippen LogP contribution in [0.3, 0.4) is 0 Å². The van der Waals surface area contributed by atoms with Crippen molar-refractivity contribution in [3.63, 3.8) is 0 Å². The van der Waals surface area contributed by atoms with Gasteiger partial charge in [-0.15, -0.1) is 0 Å². The Hall–Kier alpha value is 3.44. The van der Waals surface area contributed by atoms with Gasteiger partial charge in [0.15, 0.2) is 0 Å². The molecule has 10 heteroatoms. The first-order chi connectivity index (χ1) is 29.0. The fourth-order valence-corrected chi connectivity index (χ4v) is 10.7. The molecule has 0 fully saturated rings. The molecule has 0 aromatic rings. The molecule has 0 N–H and O–H groups in total. The van der Waals surface area contributed by atoms with Crippen LogP contribution in [0.25, 0.3) is 0 Å². The maximum absolute atomic E-state index is 11.6. The first-order valence-electron chi connectivity index (χ1n) is 27.1. The Kier molecular flexibility index (Phi) is 66.2. The van der Waals surface area contributed by atoms with Crippen molar-refractivity contribution in [2.45, 2.75) is 334 Å². The van der Waals surface area contributed by atoms with Crippen molar-refractivity contribution in [2.24, 2.45) is 0 Å². The number of unbranched alkanes of at least 4 members (excludes halogenated alkanes) is 38. The Labute approximate surface area is 470 Å². The van der Waals surface area contributed by atoms with Crippen LogP contribution in [-0.2, 0) is 9.13 Å². The number of hydrogen-bond acceptors (Lipinski definition) is 6. The van der Waals surface area contributed by atoms with E-state index in [-0.39, 0.29) is 97.8 Å². The van der Waals surface area contributed by atoms with Gasteiger partial charge in [0.2, 0.25) is 0 Å². The van der Waals surface area contributed by atoms with E-state index >= 15 is 0 Å². The van der Waals surface area contributed by atoms with Gasteiger partial charge in [-0.25, -0.2) is 0 Å². The third-order valence-electron chi connectivity index (χ3n) is 13.0. The molecule has 6 nitrogen and oxygen atoms in total. The SMILES string of the molecule is CCCCCCCCCCCCCC(CCCCCCCCCCCC)P(=O)([O-])[O-].CCCCCCCCCCCCCC(CCCCCCCCCCCC)P(=O)([O-])[O-].[Ba+2].[Ba+2]. The fourth-order valence-electron chi connectivity index (χ4n) is 8.74. The van der Waals surface area contributed by atoms with Gasteiger partial charge >= 0.3 is 97.8 Å². The standard InChI is InChI=1S/2C26H55O3P.2Ba/c2*1-3-5-7-9-11-13-15-17-19-21-23-25-26(30(27,28)29)24-22-20-18-16-14-12-10-8-6-4-2;;/h2*26H,3-25H2,1-2H3,(H2,27,28,29);;/q;;2*+2/p-4. The van der Waals surface area contributed by atoms with Gasteiger partial charge in [0.25, 0.3) is 0 Å². The zero-order valence-electron chi connectivity index (χ0n) is 42.4. The van der Waals surface area contributed by atoms with Crippen LogP contribution in [0, 0.1) is 0 Å². The van der Waals surface area contributed by atoms with Crippen LogP contribution in [0.4, 0.5) is 0 Å². The van der Waals surface area contributed by atoms with Crippen LogP contribution in [0.15, 0.2) is 0 Å². The zero-order chi connectivity index (χ0) is 44.7. The molecule has 0 aliphatic heterocycles. The van der Waals surface area contributed by atoms with Crippen molar-refractivity contribution in [3.05, 3.63) is 0 Å². The predicted molar refractivity (Wildman–Crippen MR) is 269 cm³/mol. The molecule has 2 unspecified atom stereocenters. The average Bonchev–Trinajstić information content (AvgIpc) is 3.21. The van der Waals surface area contributed by atoms with Gasteiger partial charge in [-0.3, -0.25) is 0 Å². The quantitative estimate of drug-likeness (QED) is 0.0339. The molecule has 0 bridgehead atoms. The topological polar surface area (TPSA) is 126 Å². The van der Waals surface area contributed by atoms with E-state index in [1.165, 1.54) is 218 Å². The van der Waals surface area contributed by atoms with E-state index in [9.17, 15) is 28.7 Å². The zero-order valence-corrected chi connectivity index (χ0v) is 53.1. The Bertz CT molecular complexity index is 846. The Balaban J connectivity index is -0.000000526. The summed E-state index contributed by atoms with van der Waals surface area (Å²) in [6.07, 6.45) is 54.7. The monoisotopic (exact) mass is 1160 g/mol. The van der Waals surface area contributed by atoms with Gasteiger partial charge in [0, 0.05) is 0 Å². The maximum atomic E-state index is 11.6. The third kappa shape index (κ3) is 57.8. The van der Waals surface area contributed by atoms with E-state index in [2.05, 4.69) is 27.7 Å². The first-order valence-corrected chi connectivity index (χ1v) is 30.3. The summed E-state index contributed by atoms with van der Waals surface area (Å²) in [4.78, 5) is 46.4. The molecule has 0 aliphatic rings. The largest absolute Gasteiger partial charge is 2.00 e. The molecule has 2 atom stereocenters. The van der Waals surface area contributed by atoms with Crippen molar-refractivity contribution < 1.29 is 28.7 Å². The Morgan fingerprint density at radius 3 is 0.468 bits per heavy atom. The second-order valence-electron chi connectivity index (χ2n) is 19.0. The van der Waals surface area contributed by atoms with Gasteiger partial charge in [-0.05, 0) is 37.0 Å². The molecule has 0 radical (unpaired) electrons. The summed E-state index contributed by atoms with van der Waals surface area (Å²) >= 11 is 0. The van der Waals surface area contributed by atoms with Crippen LogP contribution in [0.1, 0.15) is 323 Å². The smallest absolute Gasteiger partial charge is 0.811 e. The minimum Gasteiger partial charge on any atom is -0.811 e. The van der Waals surface area contributed by atoms with Gasteiger partial charge in [0.05, 0.1) is 0 Å². The van der Waals surface area contributed by atoms with Crippen molar-refractivity contribution in [1.29, 1.82) is 0 Å². The molecule has 62 heavy (non-hydrogen) atoms. The van der Waals surface area contributed by atoms with Crippen molar-refractivity contribution in [2.75, 3.05) is 0 Å². The summed E-state index contributed by atoms with van der Waals surface area (Å²) < 4.78 is 23.2. The molecule has 0 aromatic carbocycles. The van der Waals surface area contributed by atoms with E-state index in [0.717, 1.165) is 51.4 Å². The van der Waals surface area contributed by atoms with Crippen molar-refractivity contribution in [1.82, 2.24) is 0 Å². The maximum Gasteiger partial charge on any atom is 2.00 e. The molecule has 364 valence electrons. The van der Waals surface area contributed by atoms with Gasteiger partial charge in [-0.2, -0.15) is 0 Å². The summed E-state index contributed by atoms with van der Waals surface area (Å²) in [5, 5.41) is 0. The molecular formula is C52H106Ba2O6P2. The van der Waals surface area contributed by atoms with Crippen molar-refractivity contribution >= 4 is 113 Å². The van der Waals surface area contributed by atoms with Gasteiger partial charge in [-0.1, -0.05) is 313 Å². The molecule has 0 aromatic heterocycles. The molecule has 0 rings (SSSR count). The predicted octanol–water partition coefficient (Wildman–Crippen LogP) is 15.8. The molecule has 0 saturated carbocycles. The number of hydrogen-bond donors (Lipinski definition) is 0. The van der Waals surface area contributed by atoms with Crippen LogP contribution in [0.2, 0.25) is 0 Å². The van der Waals surface area contributed by atoms with Gasteiger partial charge in [0.1, 0.15) is 0 Å². The van der Waals surface area contributed by atoms with Crippen LogP contribution >= 0.6 is 15.2 Å². The van der Waals surface area contributed by atoms with E-state index < -0.39 is 26.5 Å². The Morgan fingerprint density at radius 2 is 0.355 bits per heavy atom. The van der Waals surface area contributed by atoms with E-state index in [0.29, 0.717) is 25.7 Å². The van der Waals surface area contributed by atoms with Crippen molar-refractivity contribution in [3.8, 4) is 0 Å². The summed E-state index contributed by atoms with van der Waals surface area (Å²) in [6, 6.07) is 0. The summed E-state index contributed by atoms with van der Waals surface area (Å²) in [5.74, 6) is 0. The minimum absolute atomic E-state index is 0. The average molecular weight is 1160 g/mol. The van der Waals surface area contributed by atoms with E-state index in [1.54, 1.807) is 0 Å². The summed E-state index contributed by atoms with van der Waals surface area (Å²) in [7, 11) is -8.87. The van der Waals surface area contributed by atoms with E-state index in [4.69, 9.17) is 0 Å². The second-order valence-corrected chi connectivity index (χ2v) is 22.6. The van der Waals surface area contributed by atoms with Gasteiger partial charge < -0.3 is 28.7 Å². The second kappa shape index (κ2) is 57.0. The summed E-state index contributed by atoms with van der Waals surface area (Å²) in [5.41, 5.74) is -1.24. The molecule has 0 saturated heterocycles. The normalized spacial score (nSPS) is 12.6. The Morgan fingerprint density at radius 1 is 0.242 bits per heavy atom. The first kappa shape index (κ1) is 72.0.